The van der Waals surface area contributed by atoms with Gasteiger partial charge in [-0.2, -0.15) is 0 Å². The van der Waals surface area contributed by atoms with Crippen molar-refractivity contribution in [2.24, 2.45) is 0 Å². The number of hydrogen-bond donors (Lipinski definition) is 0. The Balaban J connectivity index is 1.90. The molecule has 0 aliphatic heterocycles. The third kappa shape index (κ3) is 3.19. The van der Waals surface area contributed by atoms with Gasteiger partial charge in [-0.05, 0) is 54.5 Å². The van der Waals surface area contributed by atoms with Crippen LogP contribution in [0.4, 0.5) is 4.39 Å². The number of pyridine rings is 2. The molecular weight excluding hydrogens is 327 g/mol. The molecule has 4 aromatic rings. The van der Waals surface area contributed by atoms with Gasteiger partial charge in [0.05, 0.1) is 29.3 Å². The summed E-state index contributed by atoms with van der Waals surface area (Å²) in [4.78, 5) is 17.2. The van der Waals surface area contributed by atoms with Crippen LogP contribution in [0.5, 0.6) is 0 Å². The van der Waals surface area contributed by atoms with Crippen LogP contribution in [0.15, 0.2) is 67.4 Å². The summed E-state index contributed by atoms with van der Waals surface area (Å²) in [5.41, 5.74) is 5.15. The Bertz CT molecular complexity index is 1090. The third-order valence-corrected chi connectivity index (χ3v) is 4.07. The predicted octanol–water partition coefficient (Wildman–Crippen LogP) is 4.46. The third-order valence-electron chi connectivity index (χ3n) is 4.07. The highest BCUT2D eigenvalue weighted by molar-refractivity contribution is 5.92. The molecule has 1 aromatic carbocycles. The lowest BCUT2D eigenvalue weighted by Crippen LogP contribution is -1.96. The Hall–Kier alpha value is -3.47. The van der Waals surface area contributed by atoms with Crippen LogP contribution in [-0.2, 0) is 0 Å². The van der Waals surface area contributed by atoms with Crippen LogP contribution in [-0.4, -0.2) is 19.9 Å². The number of nitrogens with zero attached hydrogens (tertiary/aromatic N) is 4. The van der Waals surface area contributed by atoms with Gasteiger partial charge >= 0.3 is 0 Å². The highest BCUT2D eigenvalue weighted by Crippen LogP contribution is 2.25. The van der Waals surface area contributed by atoms with Crippen LogP contribution >= 0.6 is 0 Å². The average molecular weight is 342 g/mol. The van der Waals surface area contributed by atoms with Crippen molar-refractivity contribution in [2.75, 3.05) is 0 Å². The Labute approximate surface area is 150 Å². The molecule has 0 amide bonds. The Morgan fingerprint density at radius 2 is 1.85 bits per heavy atom. The second-order valence-corrected chi connectivity index (χ2v) is 5.92. The van der Waals surface area contributed by atoms with E-state index >= 15 is 0 Å². The molecular formula is C21H15FN4. The molecule has 0 radical (unpaired) electrons. The van der Waals surface area contributed by atoms with Gasteiger partial charge < -0.3 is 0 Å². The largest absolute Gasteiger partial charge is 0.261 e. The van der Waals surface area contributed by atoms with Crippen molar-refractivity contribution in [1.82, 2.24) is 19.9 Å². The van der Waals surface area contributed by atoms with Crippen LogP contribution in [0.1, 0.15) is 22.5 Å². The summed E-state index contributed by atoms with van der Waals surface area (Å²) in [7, 11) is 0. The summed E-state index contributed by atoms with van der Waals surface area (Å²) in [6.45, 7) is 2.03. The van der Waals surface area contributed by atoms with Crippen molar-refractivity contribution in [3.8, 4) is 0 Å². The summed E-state index contributed by atoms with van der Waals surface area (Å²) in [6, 6.07) is 11.1. The second-order valence-electron chi connectivity index (χ2n) is 5.92. The zero-order valence-corrected chi connectivity index (χ0v) is 14.1. The van der Waals surface area contributed by atoms with Gasteiger partial charge in [-0.1, -0.05) is 6.07 Å². The smallest absolute Gasteiger partial charge is 0.141 e. The van der Waals surface area contributed by atoms with Crippen molar-refractivity contribution in [1.29, 1.82) is 0 Å². The van der Waals surface area contributed by atoms with E-state index in [4.69, 9.17) is 0 Å². The lowest BCUT2D eigenvalue weighted by atomic mass is 10.0. The fourth-order valence-corrected chi connectivity index (χ4v) is 2.91. The molecule has 0 saturated carbocycles. The minimum atomic E-state index is -0.375. The molecule has 126 valence electrons. The fraction of sp³-hybridized carbons (Fsp3) is 0.0476. The van der Waals surface area contributed by atoms with E-state index in [0.29, 0.717) is 11.4 Å². The normalized spacial score (nSPS) is 11.7. The van der Waals surface area contributed by atoms with E-state index in [1.54, 1.807) is 30.9 Å². The lowest BCUT2D eigenvalue weighted by Gasteiger charge is -2.08. The summed E-state index contributed by atoms with van der Waals surface area (Å²) in [5, 5.41) is 1.06. The Morgan fingerprint density at radius 3 is 2.62 bits per heavy atom. The molecule has 0 unspecified atom stereocenters. The molecule has 0 atom stereocenters. The summed E-state index contributed by atoms with van der Waals surface area (Å²) in [5.74, 6) is -0.375. The first-order chi connectivity index (χ1) is 12.7. The quantitative estimate of drug-likeness (QED) is 0.552. The van der Waals surface area contributed by atoms with Gasteiger partial charge in [0, 0.05) is 29.5 Å². The highest BCUT2D eigenvalue weighted by Gasteiger charge is 2.10. The minimum Gasteiger partial charge on any atom is -0.261 e. The molecule has 0 bridgehead atoms. The number of aromatic nitrogens is 4. The van der Waals surface area contributed by atoms with Crippen LogP contribution in [0.25, 0.3) is 22.6 Å². The van der Waals surface area contributed by atoms with E-state index in [2.05, 4.69) is 32.1 Å². The van der Waals surface area contributed by atoms with Crippen LogP contribution in [0.3, 0.4) is 0 Å². The van der Waals surface area contributed by atoms with Crippen LogP contribution in [0, 0.1) is 12.7 Å². The molecule has 5 heteroatoms. The van der Waals surface area contributed by atoms with Gasteiger partial charge in [0.2, 0.25) is 0 Å². The monoisotopic (exact) mass is 342 g/mol. The molecule has 4 rings (SSSR count). The lowest BCUT2D eigenvalue weighted by molar-refractivity contribution is 0.621. The number of benzene rings is 1. The van der Waals surface area contributed by atoms with Crippen molar-refractivity contribution in [3.63, 3.8) is 0 Å². The van der Waals surface area contributed by atoms with Gasteiger partial charge in [0.1, 0.15) is 5.82 Å². The zero-order chi connectivity index (χ0) is 17.9. The highest BCUT2D eigenvalue weighted by atomic mass is 19.1. The topological polar surface area (TPSA) is 51.6 Å². The van der Waals surface area contributed by atoms with Crippen LogP contribution < -0.4 is 0 Å². The summed E-state index contributed by atoms with van der Waals surface area (Å²) < 4.78 is 13.3. The van der Waals surface area contributed by atoms with Crippen molar-refractivity contribution >= 4 is 22.6 Å². The standard InChI is InChI=1S/C21H15FN4/c1-14-9-15(10-16-3-2-6-25-21(14)16)11-18(20-13-23-7-8-24-20)19-5-4-17(22)12-26-19/h2-13H,1H3/b18-11+. The molecule has 0 fully saturated rings. The maximum absolute atomic E-state index is 13.3. The number of rotatable bonds is 3. The maximum Gasteiger partial charge on any atom is 0.141 e. The zero-order valence-electron chi connectivity index (χ0n) is 14.1. The van der Waals surface area contributed by atoms with Crippen molar-refractivity contribution < 1.29 is 4.39 Å². The van der Waals surface area contributed by atoms with Gasteiger partial charge in [-0.3, -0.25) is 19.9 Å². The molecule has 0 spiro atoms. The van der Waals surface area contributed by atoms with E-state index in [-0.39, 0.29) is 5.82 Å². The molecule has 0 aliphatic rings. The van der Waals surface area contributed by atoms with Gasteiger partial charge in [-0.25, -0.2) is 4.39 Å². The number of hydrogen-bond acceptors (Lipinski definition) is 4. The SMILES string of the molecule is Cc1cc(/C=C(\c2ccc(F)cn2)c2cnccn2)cc2cccnc12. The average Bonchev–Trinajstić information content (AvgIpc) is 2.68. The molecule has 26 heavy (non-hydrogen) atoms. The maximum atomic E-state index is 13.3. The minimum absolute atomic E-state index is 0.375. The van der Waals surface area contributed by atoms with Gasteiger partial charge in [0.15, 0.2) is 0 Å². The first kappa shape index (κ1) is 16.0. The summed E-state index contributed by atoms with van der Waals surface area (Å²) >= 11 is 0. The van der Waals surface area contributed by atoms with E-state index in [1.807, 2.05) is 25.1 Å². The first-order valence-electron chi connectivity index (χ1n) is 8.16. The molecule has 4 nitrogen and oxygen atoms in total. The molecule has 0 aliphatic carbocycles. The van der Waals surface area contributed by atoms with E-state index in [0.717, 1.165) is 27.6 Å². The van der Waals surface area contributed by atoms with Gasteiger partial charge in [0.25, 0.3) is 0 Å². The molecule has 3 aromatic heterocycles. The van der Waals surface area contributed by atoms with Crippen LogP contribution in [0.2, 0.25) is 0 Å². The fourth-order valence-electron chi connectivity index (χ4n) is 2.91. The molecule has 0 saturated heterocycles. The summed E-state index contributed by atoms with van der Waals surface area (Å²) in [6.07, 6.45) is 9.90. The second kappa shape index (κ2) is 6.80. The predicted molar refractivity (Wildman–Crippen MR) is 99.7 cm³/mol. The van der Waals surface area contributed by atoms with E-state index in [9.17, 15) is 4.39 Å². The van der Waals surface area contributed by atoms with Gasteiger partial charge in [-0.15, -0.1) is 0 Å². The van der Waals surface area contributed by atoms with E-state index < -0.39 is 0 Å². The Kier molecular flexibility index (Phi) is 4.19. The number of halogens is 1. The first-order valence-corrected chi connectivity index (χ1v) is 8.16. The molecule has 0 N–H and O–H groups in total. The van der Waals surface area contributed by atoms with Crippen molar-refractivity contribution in [3.05, 3.63) is 95.7 Å². The number of fused-ring (bicyclic) bond motifs is 1. The Morgan fingerprint density at radius 1 is 0.923 bits per heavy atom. The van der Waals surface area contributed by atoms with E-state index in [1.165, 1.54) is 12.3 Å². The number of aryl methyl sites for hydroxylation is 1. The van der Waals surface area contributed by atoms with Crippen molar-refractivity contribution in [2.45, 2.75) is 6.92 Å². The molecule has 3 heterocycles.